The molecule has 0 radical (unpaired) electrons. The number of hydrogen-bond donors (Lipinski definition) is 2. The fourth-order valence-corrected chi connectivity index (χ4v) is 6.16. The number of aromatic nitrogens is 2. The number of fused-ring (bicyclic) bond motifs is 1. The first-order valence-electron chi connectivity index (χ1n) is 14.3. The molecule has 0 spiro atoms. The minimum Gasteiger partial charge on any atom is -0.465 e. The van der Waals surface area contributed by atoms with E-state index in [1.165, 1.54) is 32.1 Å². The van der Waals surface area contributed by atoms with Crippen LogP contribution in [0.25, 0.3) is 0 Å². The molecule has 1 saturated carbocycles. The van der Waals surface area contributed by atoms with Crippen molar-refractivity contribution in [3.63, 3.8) is 0 Å². The third-order valence-electron chi connectivity index (χ3n) is 8.21. The molecular weight excluding hydrogens is 492 g/mol. The van der Waals surface area contributed by atoms with Gasteiger partial charge in [-0.25, -0.2) is 14.8 Å². The molecule has 212 valence electrons. The van der Waals surface area contributed by atoms with Crippen LogP contribution in [0.4, 0.5) is 10.7 Å². The molecule has 2 saturated heterocycles. The largest absolute Gasteiger partial charge is 0.465 e. The average Bonchev–Trinajstić information content (AvgIpc) is 3.66. The van der Waals surface area contributed by atoms with E-state index in [4.69, 9.17) is 0 Å². The fourth-order valence-electron chi connectivity index (χ4n) is 6.16. The quantitative estimate of drug-likeness (QED) is 0.537. The first kappa shape index (κ1) is 28.8. The zero-order valence-corrected chi connectivity index (χ0v) is 23.9. The number of benzene rings is 1. The smallest absolute Gasteiger partial charge is 0.405 e. The van der Waals surface area contributed by atoms with Gasteiger partial charge in [-0.15, -0.1) is 0 Å². The number of carbonyl (C=O) groups excluding carboxylic acids is 1. The van der Waals surface area contributed by atoms with E-state index < -0.39 is 6.09 Å². The number of likely N-dealkylation sites (tertiary alicyclic amines) is 2. The molecule has 3 aliphatic rings. The van der Waals surface area contributed by atoms with E-state index in [0.29, 0.717) is 29.8 Å². The summed E-state index contributed by atoms with van der Waals surface area (Å²) in [6.07, 6.45) is 7.21. The maximum atomic E-state index is 13.3. The number of carbonyl (C=O) groups is 2. The summed E-state index contributed by atoms with van der Waals surface area (Å²) in [7, 11) is 3.78. The van der Waals surface area contributed by atoms with E-state index >= 15 is 0 Å². The number of carboxylic acid groups (broad SMARTS) is 1. The van der Waals surface area contributed by atoms with Crippen LogP contribution < -0.4 is 10.2 Å². The molecule has 2 amide bonds. The number of aryl methyl sites for hydroxylation is 2. The van der Waals surface area contributed by atoms with Crippen LogP contribution in [0.5, 0.6) is 0 Å². The highest BCUT2D eigenvalue weighted by molar-refractivity contribution is 5.96. The molecule has 9 nitrogen and oxygen atoms in total. The van der Waals surface area contributed by atoms with Gasteiger partial charge in [-0.1, -0.05) is 62.4 Å². The van der Waals surface area contributed by atoms with Crippen LogP contribution in [0.1, 0.15) is 71.9 Å². The Bertz CT molecular complexity index is 1080. The molecule has 39 heavy (non-hydrogen) atoms. The summed E-state index contributed by atoms with van der Waals surface area (Å²) in [5.41, 5.74) is 3.04. The van der Waals surface area contributed by atoms with Gasteiger partial charge in [0.25, 0.3) is 5.91 Å². The Labute approximate surface area is 232 Å². The minimum absolute atomic E-state index is 0.0241. The summed E-state index contributed by atoms with van der Waals surface area (Å²) in [6.45, 7) is 7.91. The van der Waals surface area contributed by atoms with Crippen LogP contribution in [0.3, 0.4) is 0 Å². The SMILES string of the molecule is C1CCCC1.Cc1nc(N(C)C)nc(C)c1C(=O)N1CC2CN(CCC(NC(=O)O)c3ccccc3)C[C@@H]2C1. The maximum Gasteiger partial charge on any atom is 0.405 e. The molecule has 9 heteroatoms. The predicted octanol–water partition coefficient (Wildman–Crippen LogP) is 4.51. The number of hydrogen-bond acceptors (Lipinski definition) is 6. The van der Waals surface area contributed by atoms with Crippen LogP contribution in [-0.4, -0.2) is 83.7 Å². The van der Waals surface area contributed by atoms with Gasteiger partial charge in [-0.05, 0) is 37.7 Å². The Balaban J connectivity index is 0.000000634. The lowest BCUT2D eigenvalue weighted by atomic mass is 10.0. The Morgan fingerprint density at radius 2 is 1.49 bits per heavy atom. The second-order valence-corrected chi connectivity index (χ2v) is 11.4. The highest BCUT2D eigenvalue weighted by Crippen LogP contribution is 2.33. The first-order valence-corrected chi connectivity index (χ1v) is 14.3. The molecular formula is C30H44N6O3. The summed E-state index contributed by atoms with van der Waals surface area (Å²) >= 11 is 0. The van der Waals surface area contributed by atoms with Gasteiger partial charge in [0.2, 0.25) is 5.95 Å². The van der Waals surface area contributed by atoms with Crippen LogP contribution in [0, 0.1) is 25.7 Å². The van der Waals surface area contributed by atoms with Gasteiger partial charge in [0.15, 0.2) is 0 Å². The molecule has 3 heterocycles. The van der Waals surface area contributed by atoms with Crippen LogP contribution in [0.15, 0.2) is 30.3 Å². The zero-order chi connectivity index (χ0) is 27.9. The average molecular weight is 537 g/mol. The van der Waals surface area contributed by atoms with Gasteiger partial charge >= 0.3 is 6.09 Å². The van der Waals surface area contributed by atoms with Crippen molar-refractivity contribution in [1.29, 1.82) is 0 Å². The highest BCUT2D eigenvalue weighted by Gasteiger charge is 2.42. The Hall–Kier alpha value is -3.20. The highest BCUT2D eigenvalue weighted by atomic mass is 16.4. The Kier molecular flexibility index (Phi) is 9.78. The standard InChI is InChI=1S/C25H34N6O3.C5H10/c1-16-22(17(2)27-24(26-16)29(3)4)23(32)31-14-19-12-30(13-20(19)15-31)11-10-21(28-25(33)34)18-8-6-5-7-9-18;1-2-4-5-3-1/h5-9,19-21,28H,10-15H2,1-4H3,(H,33,34);1-5H2/t19-,20?,21?;/m1./s1. The Morgan fingerprint density at radius 1 is 0.949 bits per heavy atom. The van der Waals surface area contributed by atoms with Crippen molar-refractivity contribution in [2.24, 2.45) is 11.8 Å². The van der Waals surface area contributed by atoms with E-state index in [0.717, 1.165) is 49.7 Å². The third-order valence-corrected chi connectivity index (χ3v) is 8.21. The molecule has 2 aromatic rings. The fraction of sp³-hybridized carbons (Fsp3) is 0.600. The summed E-state index contributed by atoms with van der Waals surface area (Å²) < 4.78 is 0. The van der Waals surface area contributed by atoms with Crippen LogP contribution in [-0.2, 0) is 0 Å². The number of nitrogens with one attached hydrogen (secondary N) is 1. The predicted molar refractivity (Wildman–Crippen MR) is 153 cm³/mol. The van der Waals surface area contributed by atoms with Crippen molar-refractivity contribution >= 4 is 17.9 Å². The molecule has 1 aliphatic carbocycles. The third kappa shape index (κ3) is 7.47. The zero-order valence-electron chi connectivity index (χ0n) is 23.9. The van der Waals surface area contributed by atoms with E-state index in [1.807, 2.05) is 68.1 Å². The van der Waals surface area contributed by atoms with Gasteiger partial charge in [0.1, 0.15) is 0 Å². The lowest BCUT2D eigenvalue weighted by Crippen LogP contribution is -2.35. The molecule has 3 atom stereocenters. The molecule has 2 unspecified atom stereocenters. The number of anilines is 1. The topological polar surface area (TPSA) is 102 Å². The van der Waals surface area contributed by atoms with Gasteiger partial charge in [-0.3, -0.25) is 4.79 Å². The van der Waals surface area contributed by atoms with E-state index in [1.54, 1.807) is 0 Å². The summed E-state index contributed by atoms with van der Waals surface area (Å²) in [4.78, 5) is 39.8. The summed E-state index contributed by atoms with van der Waals surface area (Å²) in [6, 6.07) is 9.49. The Morgan fingerprint density at radius 3 is 1.97 bits per heavy atom. The molecule has 0 bridgehead atoms. The lowest BCUT2D eigenvalue weighted by Gasteiger charge is -2.25. The monoisotopic (exact) mass is 536 g/mol. The molecule has 5 rings (SSSR count). The van der Waals surface area contributed by atoms with Crippen molar-refractivity contribution in [2.45, 2.75) is 58.4 Å². The molecule has 1 aromatic carbocycles. The van der Waals surface area contributed by atoms with E-state index in [2.05, 4.69) is 20.2 Å². The summed E-state index contributed by atoms with van der Waals surface area (Å²) in [5.74, 6) is 1.52. The number of amides is 2. The lowest BCUT2D eigenvalue weighted by molar-refractivity contribution is 0.0771. The molecule has 2 N–H and O–H groups in total. The number of nitrogens with zero attached hydrogens (tertiary/aromatic N) is 5. The molecule has 3 fully saturated rings. The second-order valence-electron chi connectivity index (χ2n) is 11.4. The normalized spacial score (nSPS) is 21.2. The van der Waals surface area contributed by atoms with Gasteiger partial charge in [0, 0.05) is 46.8 Å². The van der Waals surface area contributed by atoms with Crippen molar-refractivity contribution < 1.29 is 14.7 Å². The minimum atomic E-state index is -1.01. The van der Waals surface area contributed by atoms with Crippen LogP contribution >= 0.6 is 0 Å². The van der Waals surface area contributed by atoms with Gasteiger partial charge < -0.3 is 25.1 Å². The molecule has 2 aliphatic heterocycles. The maximum absolute atomic E-state index is 13.3. The second kappa shape index (κ2) is 13.2. The van der Waals surface area contributed by atoms with Crippen LogP contribution in [0.2, 0.25) is 0 Å². The van der Waals surface area contributed by atoms with Gasteiger partial charge in [0.05, 0.1) is 23.0 Å². The van der Waals surface area contributed by atoms with Crippen molar-refractivity contribution in [3.05, 3.63) is 52.8 Å². The van der Waals surface area contributed by atoms with Gasteiger partial charge in [-0.2, -0.15) is 0 Å². The number of rotatable bonds is 7. The van der Waals surface area contributed by atoms with Crippen molar-refractivity contribution in [3.8, 4) is 0 Å². The summed E-state index contributed by atoms with van der Waals surface area (Å²) in [5, 5.41) is 11.9. The first-order chi connectivity index (χ1) is 18.7. The molecule has 1 aromatic heterocycles. The van der Waals surface area contributed by atoms with Crippen molar-refractivity contribution in [2.75, 3.05) is 51.7 Å². The van der Waals surface area contributed by atoms with E-state index in [9.17, 15) is 14.7 Å². The van der Waals surface area contributed by atoms with E-state index in [-0.39, 0.29) is 11.9 Å². The van der Waals surface area contributed by atoms with Crippen molar-refractivity contribution in [1.82, 2.24) is 25.1 Å².